The van der Waals surface area contributed by atoms with E-state index in [4.69, 9.17) is 18.0 Å². The minimum atomic E-state index is 0.479. The molecule has 1 fully saturated rings. The molecule has 1 aromatic rings. The second kappa shape index (κ2) is 5.75. The lowest BCUT2D eigenvalue weighted by molar-refractivity contribution is 0.212. The molecule has 1 aliphatic rings. The zero-order chi connectivity index (χ0) is 11.4. The minimum Gasteiger partial charge on any atom is -0.393 e. The summed E-state index contributed by atoms with van der Waals surface area (Å²) in [6.07, 6.45) is 3.44. The number of rotatable bonds is 4. The highest BCUT2D eigenvalue weighted by molar-refractivity contribution is 7.80. The largest absolute Gasteiger partial charge is 0.393 e. The average molecular weight is 254 g/mol. The molecule has 2 heterocycles. The van der Waals surface area contributed by atoms with Crippen LogP contribution in [-0.2, 0) is 6.42 Å². The monoisotopic (exact) mass is 254 g/mol. The predicted octanol–water partition coefficient (Wildman–Crippen LogP) is 2.29. The third-order valence-electron chi connectivity index (χ3n) is 3.29. The molecule has 0 bridgehead atoms. The van der Waals surface area contributed by atoms with Crippen molar-refractivity contribution in [3.8, 4) is 0 Å². The number of piperidine rings is 1. The van der Waals surface area contributed by atoms with Crippen molar-refractivity contribution in [3.05, 3.63) is 22.4 Å². The number of thiophene rings is 1. The molecule has 0 amide bonds. The van der Waals surface area contributed by atoms with Crippen LogP contribution in [0.5, 0.6) is 0 Å². The summed E-state index contributed by atoms with van der Waals surface area (Å²) in [7, 11) is 0. The number of nitrogens with two attached hydrogens (primary N) is 1. The quantitative estimate of drug-likeness (QED) is 0.836. The van der Waals surface area contributed by atoms with Crippen LogP contribution in [0.3, 0.4) is 0 Å². The van der Waals surface area contributed by atoms with E-state index in [-0.39, 0.29) is 0 Å². The van der Waals surface area contributed by atoms with Crippen molar-refractivity contribution in [2.45, 2.75) is 19.3 Å². The molecular formula is C12H18N2S2. The fraction of sp³-hybridized carbons (Fsp3) is 0.583. The van der Waals surface area contributed by atoms with Crippen LogP contribution in [0.25, 0.3) is 0 Å². The van der Waals surface area contributed by atoms with Gasteiger partial charge in [0.25, 0.3) is 0 Å². The van der Waals surface area contributed by atoms with E-state index < -0.39 is 0 Å². The molecule has 0 saturated carbocycles. The van der Waals surface area contributed by atoms with E-state index in [2.05, 4.69) is 21.7 Å². The Hall–Kier alpha value is -0.450. The summed E-state index contributed by atoms with van der Waals surface area (Å²) < 4.78 is 0. The van der Waals surface area contributed by atoms with Crippen LogP contribution >= 0.6 is 23.6 Å². The number of thiocarbonyl (C=S) groups is 1. The highest BCUT2D eigenvalue weighted by Crippen LogP contribution is 2.18. The Balaban J connectivity index is 1.71. The highest BCUT2D eigenvalue weighted by atomic mass is 32.1. The summed E-state index contributed by atoms with van der Waals surface area (Å²) in [5.74, 6) is 0.479. The van der Waals surface area contributed by atoms with Crippen molar-refractivity contribution < 1.29 is 0 Å². The van der Waals surface area contributed by atoms with Gasteiger partial charge < -0.3 is 10.6 Å². The Morgan fingerprint density at radius 3 is 2.81 bits per heavy atom. The molecule has 0 aromatic carbocycles. The average Bonchev–Trinajstić information content (AvgIpc) is 2.80. The first-order valence-corrected chi connectivity index (χ1v) is 7.13. The van der Waals surface area contributed by atoms with E-state index in [1.807, 2.05) is 0 Å². The van der Waals surface area contributed by atoms with Gasteiger partial charge in [-0.05, 0) is 54.7 Å². The first-order valence-electron chi connectivity index (χ1n) is 5.78. The standard InChI is InChI=1S/C12H18N2S2/c13-12(15)11-2-6-14(7-3-11)5-1-10-4-8-16-9-10/h4,8-9,11H,1-3,5-7H2,(H2,13,15). The van der Waals surface area contributed by atoms with Gasteiger partial charge >= 0.3 is 0 Å². The number of nitrogens with zero attached hydrogens (tertiary/aromatic N) is 1. The first kappa shape index (κ1) is 12.0. The highest BCUT2D eigenvalue weighted by Gasteiger charge is 2.20. The van der Waals surface area contributed by atoms with Crippen LogP contribution in [0.4, 0.5) is 0 Å². The van der Waals surface area contributed by atoms with E-state index >= 15 is 0 Å². The van der Waals surface area contributed by atoms with Gasteiger partial charge in [-0.3, -0.25) is 0 Å². The fourth-order valence-corrected chi connectivity index (χ4v) is 3.10. The van der Waals surface area contributed by atoms with E-state index in [1.54, 1.807) is 11.3 Å². The summed E-state index contributed by atoms with van der Waals surface area (Å²) in [6, 6.07) is 2.21. The molecule has 0 radical (unpaired) electrons. The lowest BCUT2D eigenvalue weighted by Crippen LogP contribution is -2.38. The van der Waals surface area contributed by atoms with Crippen molar-refractivity contribution in [1.29, 1.82) is 0 Å². The van der Waals surface area contributed by atoms with Crippen molar-refractivity contribution >= 4 is 28.5 Å². The molecule has 2 rings (SSSR count). The molecular weight excluding hydrogens is 236 g/mol. The van der Waals surface area contributed by atoms with Crippen LogP contribution in [0, 0.1) is 5.92 Å². The van der Waals surface area contributed by atoms with Gasteiger partial charge in [0.05, 0.1) is 4.99 Å². The van der Waals surface area contributed by atoms with Crippen LogP contribution in [-0.4, -0.2) is 29.5 Å². The molecule has 1 aromatic heterocycles. The molecule has 2 nitrogen and oxygen atoms in total. The zero-order valence-corrected chi connectivity index (χ0v) is 11.0. The molecule has 0 unspecified atom stereocenters. The van der Waals surface area contributed by atoms with Crippen LogP contribution in [0.1, 0.15) is 18.4 Å². The van der Waals surface area contributed by atoms with E-state index in [1.165, 1.54) is 18.5 Å². The van der Waals surface area contributed by atoms with Gasteiger partial charge in [0.15, 0.2) is 0 Å². The second-order valence-corrected chi connectivity index (χ2v) is 5.65. The number of hydrogen-bond acceptors (Lipinski definition) is 3. The lowest BCUT2D eigenvalue weighted by atomic mass is 9.97. The maximum absolute atomic E-state index is 5.68. The Morgan fingerprint density at radius 1 is 1.50 bits per heavy atom. The van der Waals surface area contributed by atoms with Crippen LogP contribution < -0.4 is 5.73 Å². The Labute approximate surface area is 106 Å². The SMILES string of the molecule is NC(=S)C1CCN(CCc2ccsc2)CC1. The summed E-state index contributed by atoms with van der Waals surface area (Å²) in [4.78, 5) is 3.23. The number of likely N-dealkylation sites (tertiary alicyclic amines) is 1. The summed E-state index contributed by atoms with van der Waals surface area (Å²) >= 11 is 6.82. The maximum Gasteiger partial charge on any atom is 0.0759 e. The second-order valence-electron chi connectivity index (χ2n) is 4.40. The van der Waals surface area contributed by atoms with Gasteiger partial charge in [-0.25, -0.2) is 0 Å². The molecule has 4 heteroatoms. The van der Waals surface area contributed by atoms with Crippen molar-refractivity contribution in [2.75, 3.05) is 19.6 Å². The number of hydrogen-bond donors (Lipinski definition) is 1. The van der Waals surface area contributed by atoms with Crippen molar-refractivity contribution in [2.24, 2.45) is 11.7 Å². The van der Waals surface area contributed by atoms with Crippen LogP contribution in [0.2, 0.25) is 0 Å². The molecule has 1 saturated heterocycles. The molecule has 2 N–H and O–H groups in total. The summed E-state index contributed by atoms with van der Waals surface area (Å²) in [5.41, 5.74) is 7.14. The van der Waals surface area contributed by atoms with Gasteiger partial charge in [0.2, 0.25) is 0 Å². The molecule has 16 heavy (non-hydrogen) atoms. The van der Waals surface area contributed by atoms with Crippen molar-refractivity contribution in [1.82, 2.24) is 4.90 Å². The smallest absolute Gasteiger partial charge is 0.0759 e. The van der Waals surface area contributed by atoms with Crippen molar-refractivity contribution in [3.63, 3.8) is 0 Å². The Morgan fingerprint density at radius 2 is 2.25 bits per heavy atom. The first-order chi connectivity index (χ1) is 7.75. The normalized spacial score (nSPS) is 18.8. The summed E-state index contributed by atoms with van der Waals surface area (Å²) in [5, 5.41) is 4.39. The zero-order valence-electron chi connectivity index (χ0n) is 9.39. The van der Waals surface area contributed by atoms with Crippen LogP contribution in [0.15, 0.2) is 16.8 Å². The van der Waals surface area contributed by atoms with Gasteiger partial charge in [-0.15, -0.1) is 0 Å². The molecule has 0 aliphatic carbocycles. The fourth-order valence-electron chi connectivity index (χ4n) is 2.16. The Kier molecular flexibility index (Phi) is 4.32. The predicted molar refractivity (Wildman–Crippen MR) is 74.0 cm³/mol. The molecule has 0 atom stereocenters. The van der Waals surface area contributed by atoms with E-state index in [0.717, 1.165) is 25.9 Å². The molecule has 0 spiro atoms. The van der Waals surface area contributed by atoms with E-state index in [9.17, 15) is 0 Å². The topological polar surface area (TPSA) is 29.3 Å². The molecule has 1 aliphatic heterocycles. The minimum absolute atomic E-state index is 0.479. The van der Waals surface area contributed by atoms with Gasteiger partial charge in [0.1, 0.15) is 0 Å². The molecule has 88 valence electrons. The van der Waals surface area contributed by atoms with Gasteiger partial charge in [-0.2, -0.15) is 11.3 Å². The third kappa shape index (κ3) is 3.27. The van der Waals surface area contributed by atoms with Gasteiger partial charge in [0, 0.05) is 12.5 Å². The lowest BCUT2D eigenvalue weighted by Gasteiger charge is -2.31. The summed E-state index contributed by atoms with van der Waals surface area (Å²) in [6.45, 7) is 3.46. The van der Waals surface area contributed by atoms with Gasteiger partial charge in [-0.1, -0.05) is 12.2 Å². The maximum atomic E-state index is 5.68. The Bertz CT molecular complexity index is 327. The third-order valence-corrected chi connectivity index (χ3v) is 4.35. The van der Waals surface area contributed by atoms with E-state index in [0.29, 0.717) is 10.9 Å².